The Morgan fingerprint density at radius 2 is 2.04 bits per heavy atom. The van der Waals surface area contributed by atoms with Crippen LogP contribution in [0.5, 0.6) is 0 Å². The predicted molar refractivity (Wildman–Crippen MR) is 89.1 cm³/mol. The van der Waals surface area contributed by atoms with Crippen molar-refractivity contribution >= 4 is 17.5 Å². The van der Waals surface area contributed by atoms with Crippen LogP contribution in [0.2, 0.25) is 5.02 Å². The van der Waals surface area contributed by atoms with Crippen LogP contribution >= 0.6 is 11.6 Å². The Morgan fingerprint density at radius 3 is 2.70 bits per heavy atom. The first-order valence-electron chi connectivity index (χ1n) is 7.61. The Kier molecular flexibility index (Phi) is 6.19. The Balaban J connectivity index is 1.84. The molecule has 0 saturated carbocycles. The van der Waals surface area contributed by atoms with Crippen LogP contribution in [0.15, 0.2) is 34.9 Å². The van der Waals surface area contributed by atoms with Crippen LogP contribution in [0.4, 0.5) is 0 Å². The molecule has 0 aliphatic heterocycles. The van der Waals surface area contributed by atoms with Gasteiger partial charge in [0, 0.05) is 17.1 Å². The molecular formula is C17H21ClN2O3. The van der Waals surface area contributed by atoms with E-state index in [0.29, 0.717) is 29.6 Å². The Labute approximate surface area is 140 Å². The highest BCUT2D eigenvalue weighted by Crippen LogP contribution is 2.21. The number of carbonyl (C=O) groups is 1. The molecular weight excluding hydrogens is 316 g/mol. The van der Waals surface area contributed by atoms with E-state index >= 15 is 0 Å². The van der Waals surface area contributed by atoms with Crippen molar-refractivity contribution < 1.29 is 14.3 Å². The third kappa shape index (κ3) is 5.37. The highest BCUT2D eigenvalue weighted by atomic mass is 35.5. The third-order valence-corrected chi connectivity index (χ3v) is 3.77. The summed E-state index contributed by atoms with van der Waals surface area (Å²) < 4.78 is 5.39. The number of halogens is 1. The lowest BCUT2D eigenvalue weighted by Crippen LogP contribution is -2.29. The highest BCUT2D eigenvalue weighted by molar-refractivity contribution is 6.30. The summed E-state index contributed by atoms with van der Waals surface area (Å²) in [6.45, 7) is 4.33. The van der Waals surface area contributed by atoms with Crippen LogP contribution < -0.4 is 5.32 Å². The fraction of sp³-hybridized carbons (Fsp3) is 0.412. The van der Waals surface area contributed by atoms with Crippen LogP contribution in [-0.4, -0.2) is 28.6 Å². The van der Waals surface area contributed by atoms with Crippen molar-refractivity contribution in [3.8, 4) is 11.5 Å². The first-order chi connectivity index (χ1) is 11.0. The molecule has 1 atom stereocenters. The van der Waals surface area contributed by atoms with Crippen molar-refractivity contribution in [2.24, 2.45) is 5.92 Å². The summed E-state index contributed by atoms with van der Waals surface area (Å²) in [5, 5.41) is 13.1. The van der Waals surface area contributed by atoms with E-state index in [1.807, 2.05) is 26.0 Å². The zero-order valence-corrected chi connectivity index (χ0v) is 14.0. The lowest BCUT2D eigenvalue weighted by Gasteiger charge is -2.14. The van der Waals surface area contributed by atoms with E-state index in [4.69, 9.17) is 16.0 Å². The first-order valence-corrected chi connectivity index (χ1v) is 7.98. The molecule has 1 heterocycles. The van der Waals surface area contributed by atoms with Gasteiger partial charge in [0.2, 0.25) is 11.8 Å². The molecule has 0 bridgehead atoms. The lowest BCUT2D eigenvalue weighted by molar-refractivity contribution is -0.120. The van der Waals surface area contributed by atoms with Crippen molar-refractivity contribution in [3.05, 3.63) is 41.2 Å². The molecule has 0 aliphatic carbocycles. The molecule has 5 nitrogen and oxygen atoms in total. The van der Waals surface area contributed by atoms with E-state index < -0.39 is 6.10 Å². The monoisotopic (exact) mass is 336 g/mol. The molecule has 1 aromatic heterocycles. The summed E-state index contributed by atoms with van der Waals surface area (Å²) in [6.07, 6.45) is 1.76. The number of nitrogens with zero attached hydrogens (tertiary/aromatic N) is 1. The Hall–Kier alpha value is -1.85. The fourth-order valence-corrected chi connectivity index (χ4v) is 2.16. The summed E-state index contributed by atoms with van der Waals surface area (Å²) in [7, 11) is 0. The van der Waals surface area contributed by atoms with Gasteiger partial charge in [0.25, 0.3) is 0 Å². The Morgan fingerprint density at radius 1 is 1.35 bits per heavy atom. The first kappa shape index (κ1) is 17.5. The standard InChI is InChI=1S/C17H21ClN2O3/c1-11(2)15(21)7-8-19-16(22)9-14-10-23-17(20-14)12-3-5-13(18)6-4-12/h3-6,10-11,15,21H,7-9H2,1-2H3,(H,19,22). The van der Waals surface area contributed by atoms with E-state index in [1.165, 1.54) is 6.26 Å². The number of carbonyl (C=O) groups excluding carboxylic acids is 1. The number of oxazole rings is 1. The molecule has 1 unspecified atom stereocenters. The minimum absolute atomic E-state index is 0.142. The number of amides is 1. The van der Waals surface area contributed by atoms with Gasteiger partial charge >= 0.3 is 0 Å². The van der Waals surface area contributed by atoms with Crippen molar-refractivity contribution in [3.63, 3.8) is 0 Å². The maximum Gasteiger partial charge on any atom is 0.226 e. The zero-order valence-electron chi connectivity index (χ0n) is 13.3. The van der Waals surface area contributed by atoms with Crippen LogP contribution in [0.1, 0.15) is 26.0 Å². The largest absolute Gasteiger partial charge is 0.444 e. The zero-order chi connectivity index (χ0) is 16.8. The van der Waals surface area contributed by atoms with Gasteiger partial charge in [-0.05, 0) is 36.6 Å². The van der Waals surface area contributed by atoms with E-state index in [0.717, 1.165) is 5.56 Å². The van der Waals surface area contributed by atoms with Crippen molar-refractivity contribution in [1.82, 2.24) is 10.3 Å². The smallest absolute Gasteiger partial charge is 0.226 e. The second-order valence-corrected chi connectivity index (χ2v) is 6.21. The van der Waals surface area contributed by atoms with Crippen LogP contribution in [0.25, 0.3) is 11.5 Å². The number of aromatic nitrogens is 1. The summed E-state index contributed by atoms with van der Waals surface area (Å²) in [6, 6.07) is 7.14. The normalized spacial score (nSPS) is 12.4. The van der Waals surface area contributed by atoms with Crippen molar-refractivity contribution in [1.29, 1.82) is 0 Å². The quantitative estimate of drug-likeness (QED) is 0.814. The van der Waals surface area contributed by atoms with Crippen LogP contribution in [-0.2, 0) is 11.2 Å². The number of benzene rings is 1. The topological polar surface area (TPSA) is 75.4 Å². The molecule has 0 radical (unpaired) electrons. The second-order valence-electron chi connectivity index (χ2n) is 5.78. The molecule has 0 aliphatic rings. The van der Waals surface area contributed by atoms with Crippen molar-refractivity contribution in [2.45, 2.75) is 32.8 Å². The number of aliphatic hydroxyl groups is 1. The Bertz CT molecular complexity index is 638. The maximum atomic E-state index is 11.9. The van der Waals surface area contributed by atoms with Gasteiger partial charge in [0.15, 0.2) is 0 Å². The van der Waals surface area contributed by atoms with Gasteiger partial charge in [-0.3, -0.25) is 4.79 Å². The molecule has 124 valence electrons. The van der Waals surface area contributed by atoms with Crippen LogP contribution in [0.3, 0.4) is 0 Å². The molecule has 1 amide bonds. The number of nitrogens with one attached hydrogen (secondary N) is 1. The average Bonchev–Trinajstić information content (AvgIpc) is 2.96. The molecule has 1 aromatic carbocycles. The summed E-state index contributed by atoms with van der Waals surface area (Å²) in [5.74, 6) is 0.501. The average molecular weight is 337 g/mol. The third-order valence-electron chi connectivity index (χ3n) is 3.52. The molecule has 2 aromatic rings. The number of aliphatic hydroxyl groups excluding tert-OH is 1. The minimum atomic E-state index is -0.404. The van der Waals surface area contributed by atoms with Crippen molar-refractivity contribution in [2.75, 3.05) is 6.54 Å². The van der Waals surface area contributed by atoms with Crippen LogP contribution in [0, 0.1) is 5.92 Å². The molecule has 0 spiro atoms. The fourth-order valence-electron chi connectivity index (χ4n) is 2.03. The lowest BCUT2D eigenvalue weighted by atomic mass is 10.0. The second kappa shape index (κ2) is 8.13. The van der Waals surface area contributed by atoms with E-state index in [9.17, 15) is 9.90 Å². The molecule has 6 heteroatoms. The summed E-state index contributed by atoms with van der Waals surface area (Å²) >= 11 is 5.84. The molecule has 2 rings (SSSR count). The number of rotatable bonds is 7. The predicted octanol–water partition coefficient (Wildman–Crippen LogP) is 3.06. The van der Waals surface area contributed by atoms with E-state index in [1.54, 1.807) is 12.1 Å². The highest BCUT2D eigenvalue weighted by Gasteiger charge is 2.12. The van der Waals surface area contributed by atoms with Gasteiger partial charge < -0.3 is 14.8 Å². The SMILES string of the molecule is CC(C)C(O)CCNC(=O)Cc1coc(-c2ccc(Cl)cc2)n1. The summed E-state index contributed by atoms with van der Waals surface area (Å²) in [4.78, 5) is 16.2. The van der Waals surface area contributed by atoms with Gasteiger partial charge in [0.1, 0.15) is 6.26 Å². The molecule has 0 fully saturated rings. The summed E-state index contributed by atoms with van der Waals surface area (Å²) in [5.41, 5.74) is 1.37. The number of hydrogen-bond donors (Lipinski definition) is 2. The molecule has 0 saturated heterocycles. The minimum Gasteiger partial charge on any atom is -0.444 e. The van der Waals surface area contributed by atoms with Gasteiger partial charge in [-0.25, -0.2) is 4.98 Å². The number of hydrogen-bond acceptors (Lipinski definition) is 4. The molecule has 2 N–H and O–H groups in total. The maximum absolute atomic E-state index is 11.9. The van der Waals surface area contributed by atoms with Gasteiger partial charge in [-0.2, -0.15) is 0 Å². The van der Waals surface area contributed by atoms with E-state index in [2.05, 4.69) is 10.3 Å². The van der Waals surface area contributed by atoms with Gasteiger partial charge in [-0.1, -0.05) is 25.4 Å². The van der Waals surface area contributed by atoms with Gasteiger partial charge in [-0.15, -0.1) is 0 Å². The van der Waals surface area contributed by atoms with Gasteiger partial charge in [0.05, 0.1) is 18.2 Å². The van der Waals surface area contributed by atoms with E-state index in [-0.39, 0.29) is 18.2 Å². The molecule has 23 heavy (non-hydrogen) atoms.